The van der Waals surface area contributed by atoms with Crippen LogP contribution in [0.25, 0.3) is 15.9 Å². The Labute approximate surface area is 223 Å². The Hall–Kier alpha value is -3.43. The van der Waals surface area contributed by atoms with Crippen molar-refractivity contribution in [1.29, 1.82) is 0 Å². The van der Waals surface area contributed by atoms with Gasteiger partial charge in [-0.15, -0.1) is 11.3 Å². The molecule has 5 rings (SSSR count). The van der Waals surface area contributed by atoms with Crippen LogP contribution in [0.3, 0.4) is 0 Å². The van der Waals surface area contributed by atoms with Crippen molar-refractivity contribution in [3.8, 4) is 11.4 Å². The zero-order valence-corrected chi connectivity index (χ0v) is 22.5. The number of amides is 1. The number of ether oxygens (including phenoxy) is 1. The number of carbonyl (C=O) groups excluding carboxylic acids is 1. The highest BCUT2D eigenvalue weighted by molar-refractivity contribution is 7.99. The number of carbonyl (C=O) groups is 1. The quantitative estimate of drug-likeness (QED) is 0.145. The first-order valence-corrected chi connectivity index (χ1v) is 14.2. The summed E-state index contributed by atoms with van der Waals surface area (Å²) in [6.07, 6.45) is 5.75. The maximum atomic E-state index is 13.9. The summed E-state index contributed by atoms with van der Waals surface area (Å²) in [6.45, 7) is 4.49. The van der Waals surface area contributed by atoms with Gasteiger partial charge in [-0.2, -0.15) is 5.10 Å². The number of hydrazone groups is 1. The van der Waals surface area contributed by atoms with E-state index in [-0.39, 0.29) is 17.2 Å². The summed E-state index contributed by atoms with van der Waals surface area (Å²) in [5.41, 5.74) is 6.34. The molecule has 0 radical (unpaired) electrons. The van der Waals surface area contributed by atoms with E-state index in [0.29, 0.717) is 22.8 Å². The zero-order valence-electron chi connectivity index (χ0n) is 20.8. The number of benzene rings is 2. The summed E-state index contributed by atoms with van der Waals surface area (Å²) in [4.78, 5) is 33.3. The van der Waals surface area contributed by atoms with Gasteiger partial charge < -0.3 is 4.74 Å². The summed E-state index contributed by atoms with van der Waals surface area (Å²) >= 11 is 2.84. The molecular formula is C28H28N4O3S2. The first kappa shape index (κ1) is 25.2. The molecule has 0 unspecified atom stereocenters. The minimum absolute atomic E-state index is 0.0746. The highest BCUT2D eigenvalue weighted by Crippen LogP contribution is 2.35. The summed E-state index contributed by atoms with van der Waals surface area (Å²) in [7, 11) is 0. The van der Waals surface area contributed by atoms with E-state index in [1.54, 1.807) is 22.1 Å². The van der Waals surface area contributed by atoms with Gasteiger partial charge in [-0.3, -0.25) is 14.2 Å². The summed E-state index contributed by atoms with van der Waals surface area (Å²) < 4.78 is 7.19. The van der Waals surface area contributed by atoms with Crippen molar-refractivity contribution in [2.24, 2.45) is 5.10 Å². The molecule has 1 aliphatic rings. The molecule has 1 aliphatic carbocycles. The highest BCUT2D eigenvalue weighted by Gasteiger charge is 2.23. The molecule has 9 heteroatoms. The predicted molar refractivity (Wildman–Crippen MR) is 151 cm³/mol. The van der Waals surface area contributed by atoms with Gasteiger partial charge in [0.05, 0.1) is 29.6 Å². The Balaban J connectivity index is 1.44. The van der Waals surface area contributed by atoms with E-state index in [1.165, 1.54) is 16.6 Å². The van der Waals surface area contributed by atoms with Crippen molar-refractivity contribution in [1.82, 2.24) is 15.0 Å². The molecule has 2 aromatic heterocycles. The summed E-state index contributed by atoms with van der Waals surface area (Å²) in [5, 5.41) is 5.29. The van der Waals surface area contributed by atoms with Crippen LogP contribution >= 0.6 is 23.1 Å². The number of aryl methyl sites for hydroxylation is 3. The van der Waals surface area contributed by atoms with Crippen molar-refractivity contribution in [3.63, 3.8) is 0 Å². The van der Waals surface area contributed by atoms with Crippen molar-refractivity contribution in [2.75, 3.05) is 12.4 Å². The van der Waals surface area contributed by atoms with Crippen LogP contribution < -0.4 is 15.7 Å². The van der Waals surface area contributed by atoms with Crippen LogP contribution in [0.4, 0.5) is 0 Å². The minimum Gasteiger partial charge on any atom is -0.494 e. The molecule has 0 saturated carbocycles. The summed E-state index contributed by atoms with van der Waals surface area (Å²) in [6, 6.07) is 15.2. The van der Waals surface area contributed by atoms with Crippen LogP contribution in [0.2, 0.25) is 0 Å². The number of aromatic nitrogens is 2. The number of nitrogens with one attached hydrogen (secondary N) is 1. The molecule has 190 valence electrons. The van der Waals surface area contributed by atoms with Gasteiger partial charge in [0.2, 0.25) is 0 Å². The second-order valence-electron chi connectivity index (χ2n) is 8.79. The number of thioether (sulfide) groups is 1. The molecule has 0 aliphatic heterocycles. The predicted octanol–water partition coefficient (Wildman–Crippen LogP) is 5.28. The van der Waals surface area contributed by atoms with Crippen LogP contribution in [0, 0.1) is 6.92 Å². The fourth-order valence-corrected chi connectivity index (χ4v) is 6.54. The molecular weight excluding hydrogens is 504 g/mol. The molecule has 0 fully saturated rings. The van der Waals surface area contributed by atoms with E-state index in [0.717, 1.165) is 53.0 Å². The minimum atomic E-state index is -0.270. The first-order chi connectivity index (χ1) is 18.0. The lowest BCUT2D eigenvalue weighted by Crippen LogP contribution is -2.24. The van der Waals surface area contributed by atoms with Crippen molar-refractivity contribution < 1.29 is 9.53 Å². The smallest absolute Gasteiger partial charge is 0.267 e. The van der Waals surface area contributed by atoms with E-state index in [4.69, 9.17) is 9.72 Å². The van der Waals surface area contributed by atoms with Gasteiger partial charge in [0.15, 0.2) is 5.16 Å². The van der Waals surface area contributed by atoms with Gasteiger partial charge in [-0.1, -0.05) is 36.0 Å². The highest BCUT2D eigenvalue weighted by atomic mass is 32.2. The van der Waals surface area contributed by atoms with Crippen molar-refractivity contribution in [2.45, 2.75) is 44.7 Å². The average Bonchev–Trinajstić information content (AvgIpc) is 3.28. The number of thiophene rings is 1. The molecule has 4 aromatic rings. The molecule has 0 spiro atoms. The Bertz CT molecular complexity index is 1520. The number of fused-ring (bicyclic) bond motifs is 3. The number of hydrogen-bond acceptors (Lipinski definition) is 7. The second kappa shape index (κ2) is 11.3. The van der Waals surface area contributed by atoms with E-state index in [2.05, 4.69) is 10.5 Å². The molecule has 37 heavy (non-hydrogen) atoms. The van der Waals surface area contributed by atoms with Crippen molar-refractivity contribution >= 4 is 45.4 Å². The topological polar surface area (TPSA) is 85.6 Å². The van der Waals surface area contributed by atoms with Gasteiger partial charge in [0, 0.05) is 4.88 Å². The van der Waals surface area contributed by atoms with Gasteiger partial charge in [0.25, 0.3) is 11.5 Å². The van der Waals surface area contributed by atoms with E-state index in [9.17, 15) is 9.59 Å². The Morgan fingerprint density at radius 1 is 1.19 bits per heavy atom. The Morgan fingerprint density at radius 3 is 2.76 bits per heavy atom. The third-order valence-corrected chi connectivity index (χ3v) is 8.40. The fraction of sp³-hybridized carbons (Fsp3) is 0.286. The monoisotopic (exact) mass is 532 g/mol. The lowest BCUT2D eigenvalue weighted by molar-refractivity contribution is -0.118. The van der Waals surface area contributed by atoms with Gasteiger partial charge in [-0.25, -0.2) is 10.4 Å². The second-order valence-corrected chi connectivity index (χ2v) is 10.8. The first-order valence-electron chi connectivity index (χ1n) is 12.4. The van der Waals surface area contributed by atoms with Crippen LogP contribution in [0.15, 0.2) is 63.6 Å². The van der Waals surface area contributed by atoms with Crippen molar-refractivity contribution in [3.05, 3.63) is 80.5 Å². The number of hydrogen-bond donors (Lipinski definition) is 1. The maximum Gasteiger partial charge on any atom is 0.267 e. The largest absolute Gasteiger partial charge is 0.494 e. The molecule has 2 heterocycles. The molecule has 1 N–H and O–H groups in total. The number of nitrogens with zero attached hydrogens (tertiary/aromatic N) is 3. The maximum absolute atomic E-state index is 13.9. The van der Waals surface area contributed by atoms with E-state index >= 15 is 0 Å². The molecule has 0 bridgehead atoms. The van der Waals surface area contributed by atoms with Gasteiger partial charge in [-0.05, 0) is 80.5 Å². The lowest BCUT2D eigenvalue weighted by atomic mass is 9.97. The number of rotatable bonds is 8. The average molecular weight is 533 g/mol. The SMILES string of the molecule is CCOc1ccc(-n2c(SCC(=O)NN=Cc3ccccc3C)nc3sc4c(c3c2=O)CCCC4)cc1. The van der Waals surface area contributed by atoms with Crippen LogP contribution in [-0.4, -0.2) is 34.0 Å². The molecule has 0 atom stereocenters. The van der Waals surface area contributed by atoms with Gasteiger partial charge >= 0.3 is 0 Å². The third kappa shape index (κ3) is 5.47. The third-order valence-electron chi connectivity index (χ3n) is 6.28. The Kier molecular flexibility index (Phi) is 7.71. The molecule has 2 aromatic carbocycles. The normalized spacial score (nSPS) is 13.1. The molecule has 0 saturated heterocycles. The van der Waals surface area contributed by atoms with E-state index < -0.39 is 0 Å². The molecule has 1 amide bonds. The van der Waals surface area contributed by atoms with Crippen LogP contribution in [0.5, 0.6) is 5.75 Å². The van der Waals surface area contributed by atoms with Gasteiger partial charge in [0.1, 0.15) is 10.6 Å². The van der Waals surface area contributed by atoms with Crippen LogP contribution in [-0.2, 0) is 17.6 Å². The zero-order chi connectivity index (χ0) is 25.8. The lowest BCUT2D eigenvalue weighted by Gasteiger charge is -2.14. The fourth-order valence-electron chi connectivity index (χ4n) is 4.44. The van der Waals surface area contributed by atoms with E-state index in [1.807, 2.05) is 62.4 Å². The standard InChI is InChI=1S/C28H28N4O3S2/c1-3-35-21-14-12-20(13-15-21)32-27(34)25-22-10-6-7-11-23(22)37-26(25)30-28(32)36-17-24(33)31-29-16-19-9-5-4-8-18(19)2/h4-5,8-9,12-16H,3,6-7,10-11,17H2,1-2H3,(H,31,33). The summed E-state index contributed by atoms with van der Waals surface area (Å²) in [5.74, 6) is 0.541. The Morgan fingerprint density at radius 2 is 1.97 bits per heavy atom. The molecule has 7 nitrogen and oxygen atoms in total. The van der Waals surface area contributed by atoms with Crippen LogP contribution in [0.1, 0.15) is 41.3 Å².